The van der Waals surface area contributed by atoms with Crippen LogP contribution in [0.5, 0.6) is 5.75 Å². The maximum absolute atomic E-state index is 13.9. The third kappa shape index (κ3) is 6.85. The minimum Gasteiger partial charge on any atom is -0.495 e. The molecule has 10 nitrogen and oxygen atoms in total. The summed E-state index contributed by atoms with van der Waals surface area (Å²) in [5, 5.41) is 5.56. The van der Waals surface area contributed by atoms with Crippen LogP contribution >= 0.6 is 0 Å². The number of alkyl halides is 3. The molecule has 14 heteroatoms. The molecule has 2 saturated heterocycles. The lowest BCUT2D eigenvalue weighted by molar-refractivity contribution is -0.137. The number of carbonyl (C=O) groups excluding carboxylic acids is 1. The summed E-state index contributed by atoms with van der Waals surface area (Å²) >= 11 is 0. The van der Waals surface area contributed by atoms with Crippen LogP contribution in [0.3, 0.4) is 0 Å². The van der Waals surface area contributed by atoms with Gasteiger partial charge in [0.2, 0.25) is 16.0 Å². The van der Waals surface area contributed by atoms with Gasteiger partial charge in [-0.15, -0.1) is 0 Å². The Hall–Kier alpha value is -3.91. The molecular formula is C29H33F3N6O4S. The van der Waals surface area contributed by atoms with Crippen molar-refractivity contribution < 1.29 is 31.1 Å². The molecule has 1 aromatic heterocycles. The first-order valence-electron chi connectivity index (χ1n) is 14.1. The van der Waals surface area contributed by atoms with E-state index in [1.165, 1.54) is 17.5 Å². The summed E-state index contributed by atoms with van der Waals surface area (Å²) in [4.78, 5) is 22.5. The number of methoxy groups -OCH3 is 1. The minimum atomic E-state index is -4.77. The zero-order chi connectivity index (χ0) is 30.6. The number of nitrogens with one attached hydrogen (secondary N) is 2. The molecule has 0 spiro atoms. The Morgan fingerprint density at radius 2 is 1.70 bits per heavy atom. The van der Waals surface area contributed by atoms with E-state index in [-0.39, 0.29) is 23.3 Å². The first kappa shape index (κ1) is 30.5. The number of sulfonamides is 1. The van der Waals surface area contributed by atoms with Gasteiger partial charge < -0.3 is 20.3 Å². The molecule has 43 heavy (non-hydrogen) atoms. The number of hydrogen-bond donors (Lipinski definition) is 2. The standard InChI is InChI=1S/C29H33F3N6O4S/c1-42-24-17-20(27(39)37-13-7-8-14-37)11-12-23(24)35-28-34-19-22(29(30,31)32)26(36-28)33-18-21-9-3-4-10-25(21)43(40,41)38-15-5-2-6-16-38/h3-4,9-12,17,19H,2,5-8,13-16,18H2,1H3,(H2,33,34,35,36). The highest BCUT2D eigenvalue weighted by Gasteiger charge is 2.36. The van der Waals surface area contributed by atoms with Crippen LogP contribution in [0.15, 0.2) is 53.6 Å². The topological polar surface area (TPSA) is 117 Å². The SMILES string of the molecule is COc1cc(C(=O)N2CCCC2)ccc1Nc1ncc(C(F)(F)F)c(NCc2ccccc2S(=O)(=O)N2CCCCC2)n1. The van der Waals surface area contributed by atoms with Crippen LogP contribution in [0.2, 0.25) is 0 Å². The number of hydrogen-bond acceptors (Lipinski definition) is 8. The second-order valence-corrected chi connectivity index (χ2v) is 12.3. The van der Waals surface area contributed by atoms with Crippen molar-refractivity contribution in [2.75, 3.05) is 43.9 Å². The van der Waals surface area contributed by atoms with E-state index in [0.29, 0.717) is 54.9 Å². The summed E-state index contributed by atoms with van der Waals surface area (Å²) in [5.41, 5.74) is -0.00972. The Kier molecular flexibility index (Phi) is 9.06. The number of likely N-dealkylation sites (tertiary alicyclic amines) is 1. The van der Waals surface area contributed by atoms with Crippen LogP contribution in [-0.2, 0) is 22.7 Å². The maximum atomic E-state index is 13.9. The molecule has 2 N–H and O–H groups in total. The van der Waals surface area contributed by atoms with Gasteiger partial charge in [-0.05, 0) is 55.5 Å². The van der Waals surface area contributed by atoms with Crippen LogP contribution in [0.4, 0.5) is 30.6 Å². The number of anilines is 3. The van der Waals surface area contributed by atoms with Crippen LogP contribution in [0.25, 0.3) is 0 Å². The predicted molar refractivity (Wildman–Crippen MR) is 155 cm³/mol. The van der Waals surface area contributed by atoms with Crippen molar-refractivity contribution in [2.45, 2.75) is 49.7 Å². The normalized spacial score (nSPS) is 16.2. The van der Waals surface area contributed by atoms with Crippen LogP contribution < -0.4 is 15.4 Å². The molecule has 0 unspecified atom stereocenters. The lowest BCUT2D eigenvalue weighted by atomic mass is 10.1. The molecular weight excluding hydrogens is 585 g/mol. The summed E-state index contributed by atoms with van der Waals surface area (Å²) in [7, 11) is -2.41. The first-order valence-corrected chi connectivity index (χ1v) is 15.5. The number of aromatic nitrogens is 2. The Bertz CT molecular complexity index is 1570. The third-order valence-corrected chi connectivity index (χ3v) is 9.53. The number of ether oxygens (including phenoxy) is 1. The van der Waals surface area contributed by atoms with Gasteiger partial charge in [-0.3, -0.25) is 4.79 Å². The summed E-state index contributed by atoms with van der Waals surface area (Å²) in [5.74, 6) is -0.501. The molecule has 0 bridgehead atoms. The average molecular weight is 619 g/mol. The van der Waals surface area contributed by atoms with Crippen molar-refractivity contribution in [3.63, 3.8) is 0 Å². The second-order valence-electron chi connectivity index (χ2n) is 10.4. The highest BCUT2D eigenvalue weighted by molar-refractivity contribution is 7.89. The van der Waals surface area contributed by atoms with Gasteiger partial charge in [0.1, 0.15) is 17.1 Å². The molecule has 2 aliphatic rings. The molecule has 230 valence electrons. The number of rotatable bonds is 9. The largest absolute Gasteiger partial charge is 0.495 e. The predicted octanol–water partition coefficient (Wildman–Crippen LogP) is 5.27. The van der Waals surface area contributed by atoms with Gasteiger partial charge in [0, 0.05) is 44.5 Å². The number of nitrogens with zero attached hydrogens (tertiary/aromatic N) is 4. The summed E-state index contributed by atoms with van der Waals surface area (Å²) in [6, 6.07) is 11.0. The van der Waals surface area contributed by atoms with Crippen LogP contribution in [0, 0.1) is 0 Å². The van der Waals surface area contributed by atoms with E-state index in [2.05, 4.69) is 20.6 Å². The lowest BCUT2D eigenvalue weighted by Crippen LogP contribution is -2.36. The van der Waals surface area contributed by atoms with Gasteiger partial charge in [-0.2, -0.15) is 22.5 Å². The Morgan fingerprint density at radius 3 is 2.40 bits per heavy atom. The highest BCUT2D eigenvalue weighted by atomic mass is 32.2. The third-order valence-electron chi connectivity index (χ3n) is 7.53. The van der Waals surface area contributed by atoms with Crippen molar-refractivity contribution in [1.82, 2.24) is 19.2 Å². The van der Waals surface area contributed by atoms with E-state index in [1.54, 1.807) is 41.3 Å². The van der Waals surface area contributed by atoms with Crippen molar-refractivity contribution in [3.05, 3.63) is 65.4 Å². The summed E-state index contributed by atoms with van der Waals surface area (Å²) in [6.45, 7) is 1.95. The fraction of sp³-hybridized carbons (Fsp3) is 0.414. The molecule has 0 atom stereocenters. The number of amides is 1. The van der Waals surface area contributed by atoms with Gasteiger partial charge in [0.15, 0.2) is 0 Å². The highest BCUT2D eigenvalue weighted by Crippen LogP contribution is 2.36. The minimum absolute atomic E-state index is 0.0404. The van der Waals surface area contributed by atoms with Crippen molar-refractivity contribution in [3.8, 4) is 5.75 Å². The molecule has 5 rings (SSSR count). The number of piperidine rings is 1. The van der Waals surface area contributed by atoms with Crippen molar-refractivity contribution >= 4 is 33.4 Å². The van der Waals surface area contributed by atoms with Crippen molar-refractivity contribution in [1.29, 1.82) is 0 Å². The van der Waals surface area contributed by atoms with Gasteiger partial charge in [0.25, 0.3) is 5.91 Å². The molecule has 2 aromatic carbocycles. The van der Waals surface area contributed by atoms with Gasteiger partial charge in [0.05, 0.1) is 17.7 Å². The average Bonchev–Trinajstić information content (AvgIpc) is 3.55. The van der Waals surface area contributed by atoms with Gasteiger partial charge in [-0.1, -0.05) is 24.6 Å². The van der Waals surface area contributed by atoms with Crippen molar-refractivity contribution in [2.24, 2.45) is 0 Å². The fourth-order valence-electron chi connectivity index (χ4n) is 5.26. The molecule has 2 aliphatic heterocycles. The first-order chi connectivity index (χ1) is 20.6. The van der Waals surface area contributed by atoms with E-state index >= 15 is 0 Å². The summed E-state index contributed by atoms with van der Waals surface area (Å²) in [6.07, 6.45) is 0.253. The summed E-state index contributed by atoms with van der Waals surface area (Å²) < 4.78 is 75.3. The molecule has 0 saturated carbocycles. The molecule has 3 aromatic rings. The number of benzene rings is 2. The lowest BCUT2D eigenvalue weighted by Gasteiger charge is -2.27. The van der Waals surface area contributed by atoms with Crippen LogP contribution in [0.1, 0.15) is 53.6 Å². The monoisotopic (exact) mass is 618 g/mol. The zero-order valence-electron chi connectivity index (χ0n) is 23.7. The molecule has 1 amide bonds. The molecule has 3 heterocycles. The van der Waals surface area contributed by atoms with Gasteiger partial charge >= 0.3 is 6.18 Å². The Balaban J connectivity index is 1.39. The number of halogens is 3. The molecule has 2 fully saturated rings. The second kappa shape index (κ2) is 12.8. The molecule has 0 radical (unpaired) electrons. The Labute approximate surface area is 248 Å². The number of carbonyl (C=O) groups is 1. The van der Waals surface area contributed by atoms with E-state index < -0.39 is 27.6 Å². The van der Waals surface area contributed by atoms with E-state index in [0.717, 1.165) is 32.1 Å². The van der Waals surface area contributed by atoms with Crippen LogP contribution in [-0.4, -0.2) is 66.8 Å². The Morgan fingerprint density at radius 1 is 1.00 bits per heavy atom. The molecule has 0 aliphatic carbocycles. The van der Waals surface area contributed by atoms with E-state index in [9.17, 15) is 26.4 Å². The van der Waals surface area contributed by atoms with E-state index in [1.807, 2.05) is 0 Å². The quantitative estimate of drug-likeness (QED) is 0.333. The smallest absolute Gasteiger partial charge is 0.421 e. The van der Waals surface area contributed by atoms with E-state index in [4.69, 9.17) is 4.74 Å². The zero-order valence-corrected chi connectivity index (χ0v) is 24.5. The maximum Gasteiger partial charge on any atom is 0.421 e. The van der Waals surface area contributed by atoms with Gasteiger partial charge in [-0.25, -0.2) is 13.4 Å². The fourth-order valence-corrected chi connectivity index (χ4v) is 7.00.